The average molecular weight is 343 g/mol. The summed E-state index contributed by atoms with van der Waals surface area (Å²) >= 11 is 9.13. The fourth-order valence-corrected chi connectivity index (χ4v) is 2.33. The summed E-state index contributed by atoms with van der Waals surface area (Å²) in [6, 6.07) is 11.5. The Morgan fingerprint density at radius 3 is 2.68 bits per heavy atom. The van der Waals surface area contributed by atoms with E-state index in [1.54, 1.807) is 6.07 Å². The van der Waals surface area contributed by atoms with E-state index in [0.29, 0.717) is 11.0 Å². The van der Waals surface area contributed by atoms with E-state index in [1.165, 1.54) is 18.2 Å². The first kappa shape index (κ1) is 14.0. The molecule has 0 radical (unpaired) electrons. The summed E-state index contributed by atoms with van der Waals surface area (Å²) < 4.78 is 13.3. The largest absolute Gasteiger partial charge is 0.322 e. The van der Waals surface area contributed by atoms with Gasteiger partial charge in [-0.05, 0) is 23.8 Å². The monoisotopic (exact) mass is 341 g/mol. The Hall–Kier alpha value is -1.39. The lowest BCUT2D eigenvalue weighted by atomic mass is 10.1. The predicted molar refractivity (Wildman–Crippen MR) is 78.4 cm³/mol. The van der Waals surface area contributed by atoms with Crippen LogP contribution in [-0.4, -0.2) is 5.91 Å². The second-order valence-corrected chi connectivity index (χ2v) is 4.78. The van der Waals surface area contributed by atoms with Crippen LogP contribution in [0.3, 0.4) is 0 Å². The Bertz CT molecular complexity index is 618. The van der Waals surface area contributed by atoms with E-state index in [4.69, 9.17) is 11.6 Å². The molecule has 0 saturated heterocycles. The van der Waals surface area contributed by atoms with Crippen molar-refractivity contribution in [1.29, 1.82) is 0 Å². The summed E-state index contributed by atoms with van der Waals surface area (Å²) in [5.74, 6) is -1.04. The number of hydrogen-bond donors (Lipinski definition) is 1. The van der Waals surface area contributed by atoms with Gasteiger partial charge in [0.25, 0.3) is 5.91 Å². The first-order valence-corrected chi connectivity index (χ1v) is 7.02. The highest BCUT2D eigenvalue weighted by molar-refractivity contribution is 9.08. The lowest BCUT2D eigenvalue weighted by molar-refractivity contribution is 0.102. The summed E-state index contributed by atoms with van der Waals surface area (Å²) in [4.78, 5) is 12.1. The van der Waals surface area contributed by atoms with Crippen LogP contribution < -0.4 is 5.32 Å². The van der Waals surface area contributed by atoms with E-state index < -0.39 is 11.7 Å². The van der Waals surface area contributed by atoms with Crippen LogP contribution in [-0.2, 0) is 5.33 Å². The Morgan fingerprint density at radius 1 is 1.21 bits per heavy atom. The van der Waals surface area contributed by atoms with Gasteiger partial charge in [0.05, 0.1) is 10.6 Å². The van der Waals surface area contributed by atoms with Crippen molar-refractivity contribution in [3.63, 3.8) is 0 Å². The molecule has 0 atom stereocenters. The molecule has 1 N–H and O–H groups in total. The zero-order valence-electron chi connectivity index (χ0n) is 9.79. The smallest absolute Gasteiger partial charge is 0.257 e. The third-order valence-corrected chi connectivity index (χ3v) is 3.59. The molecule has 1 amide bonds. The molecule has 0 fully saturated rings. The second-order valence-electron chi connectivity index (χ2n) is 3.85. The molecule has 0 unspecified atom stereocenters. The minimum Gasteiger partial charge on any atom is -0.322 e. The molecule has 0 bridgehead atoms. The molecule has 0 heterocycles. The Kier molecular flexibility index (Phi) is 4.56. The maximum absolute atomic E-state index is 13.3. The van der Waals surface area contributed by atoms with Gasteiger partial charge in [-0.2, -0.15) is 0 Å². The van der Waals surface area contributed by atoms with Crippen molar-refractivity contribution in [2.24, 2.45) is 0 Å². The Morgan fingerprint density at radius 2 is 1.95 bits per heavy atom. The van der Waals surface area contributed by atoms with E-state index >= 15 is 0 Å². The predicted octanol–water partition coefficient (Wildman–Crippen LogP) is 4.63. The molecule has 2 rings (SSSR count). The molecule has 0 aliphatic rings. The molecular weight excluding hydrogens is 333 g/mol. The lowest BCUT2D eigenvalue weighted by Gasteiger charge is -2.10. The molecule has 5 heteroatoms. The molecule has 0 aliphatic carbocycles. The van der Waals surface area contributed by atoms with E-state index in [9.17, 15) is 9.18 Å². The van der Waals surface area contributed by atoms with Crippen LogP contribution in [0.4, 0.5) is 10.1 Å². The zero-order chi connectivity index (χ0) is 13.8. The number of para-hydroxylation sites is 1. The van der Waals surface area contributed by atoms with E-state index in [2.05, 4.69) is 21.2 Å². The minimum absolute atomic E-state index is 0.117. The molecule has 98 valence electrons. The van der Waals surface area contributed by atoms with Crippen molar-refractivity contribution in [2.45, 2.75) is 5.33 Å². The van der Waals surface area contributed by atoms with Gasteiger partial charge < -0.3 is 5.32 Å². The number of hydrogen-bond acceptors (Lipinski definition) is 1. The highest BCUT2D eigenvalue weighted by Crippen LogP contribution is 2.23. The Balaban J connectivity index is 2.28. The number of carbonyl (C=O) groups is 1. The lowest BCUT2D eigenvalue weighted by Crippen LogP contribution is -2.14. The maximum atomic E-state index is 13.3. The topological polar surface area (TPSA) is 29.1 Å². The number of anilines is 1. The number of benzene rings is 2. The van der Waals surface area contributed by atoms with Gasteiger partial charge in [-0.3, -0.25) is 4.79 Å². The van der Waals surface area contributed by atoms with Crippen molar-refractivity contribution < 1.29 is 9.18 Å². The number of rotatable bonds is 3. The fourth-order valence-electron chi connectivity index (χ4n) is 1.63. The standard InChI is InChI=1S/C14H10BrClFNO/c15-8-9-4-1-2-7-12(9)18-14(19)10-5-3-6-11(17)13(10)16/h1-7H,8H2,(H,18,19). The van der Waals surface area contributed by atoms with Gasteiger partial charge in [0.2, 0.25) is 0 Å². The molecule has 2 nitrogen and oxygen atoms in total. The van der Waals surface area contributed by atoms with Crippen LogP contribution in [0.5, 0.6) is 0 Å². The quantitative estimate of drug-likeness (QED) is 0.810. The van der Waals surface area contributed by atoms with Crippen LogP contribution >= 0.6 is 27.5 Å². The van der Waals surface area contributed by atoms with Crippen LogP contribution in [0, 0.1) is 5.82 Å². The number of carbonyl (C=O) groups excluding carboxylic acids is 1. The molecule has 2 aromatic rings. The molecule has 0 spiro atoms. The summed E-state index contributed by atoms with van der Waals surface area (Å²) in [6.07, 6.45) is 0. The van der Waals surface area contributed by atoms with Gasteiger partial charge in [-0.1, -0.05) is 51.8 Å². The molecule has 2 aromatic carbocycles. The third-order valence-electron chi connectivity index (χ3n) is 2.61. The SMILES string of the molecule is O=C(Nc1ccccc1CBr)c1cccc(F)c1Cl. The summed E-state index contributed by atoms with van der Waals surface area (Å²) in [6.45, 7) is 0. The minimum atomic E-state index is -0.608. The van der Waals surface area contributed by atoms with Crippen molar-refractivity contribution in [3.8, 4) is 0 Å². The van der Waals surface area contributed by atoms with Crippen LogP contribution in [0.15, 0.2) is 42.5 Å². The Labute approximate surface area is 123 Å². The summed E-state index contributed by atoms with van der Waals surface area (Å²) in [5, 5.41) is 3.17. The number of alkyl halides is 1. The molecule has 19 heavy (non-hydrogen) atoms. The van der Waals surface area contributed by atoms with Crippen molar-refractivity contribution in [2.75, 3.05) is 5.32 Å². The van der Waals surface area contributed by atoms with Crippen molar-refractivity contribution >= 4 is 39.1 Å². The maximum Gasteiger partial charge on any atom is 0.257 e. The molecular formula is C14H10BrClFNO. The fraction of sp³-hybridized carbons (Fsp3) is 0.0714. The highest BCUT2D eigenvalue weighted by Gasteiger charge is 2.14. The molecule has 0 aromatic heterocycles. The number of amides is 1. The normalized spacial score (nSPS) is 10.3. The molecule has 0 aliphatic heterocycles. The third kappa shape index (κ3) is 3.14. The van der Waals surface area contributed by atoms with Gasteiger partial charge in [0.1, 0.15) is 5.82 Å². The second kappa shape index (κ2) is 6.17. The van der Waals surface area contributed by atoms with Crippen LogP contribution in [0.1, 0.15) is 15.9 Å². The molecule has 0 saturated carbocycles. The van der Waals surface area contributed by atoms with Gasteiger partial charge >= 0.3 is 0 Å². The van der Waals surface area contributed by atoms with Crippen molar-refractivity contribution in [1.82, 2.24) is 0 Å². The van der Waals surface area contributed by atoms with E-state index in [1.807, 2.05) is 18.2 Å². The van der Waals surface area contributed by atoms with Gasteiger partial charge in [0.15, 0.2) is 0 Å². The van der Waals surface area contributed by atoms with Gasteiger partial charge in [-0.25, -0.2) is 4.39 Å². The van der Waals surface area contributed by atoms with Gasteiger partial charge in [0, 0.05) is 11.0 Å². The van der Waals surface area contributed by atoms with E-state index in [-0.39, 0.29) is 10.6 Å². The summed E-state index contributed by atoms with van der Waals surface area (Å²) in [7, 11) is 0. The highest BCUT2D eigenvalue weighted by atomic mass is 79.9. The number of nitrogens with one attached hydrogen (secondary N) is 1. The first-order valence-electron chi connectivity index (χ1n) is 5.52. The van der Waals surface area contributed by atoms with E-state index in [0.717, 1.165) is 5.56 Å². The zero-order valence-corrected chi connectivity index (χ0v) is 12.1. The van der Waals surface area contributed by atoms with Crippen LogP contribution in [0.2, 0.25) is 5.02 Å². The van der Waals surface area contributed by atoms with Gasteiger partial charge in [-0.15, -0.1) is 0 Å². The summed E-state index contributed by atoms with van der Waals surface area (Å²) in [5.41, 5.74) is 1.72. The van der Waals surface area contributed by atoms with Crippen molar-refractivity contribution in [3.05, 3.63) is 64.4 Å². The average Bonchev–Trinajstić information content (AvgIpc) is 2.42. The number of halogens is 3. The first-order chi connectivity index (χ1) is 9.13. The van der Waals surface area contributed by atoms with Crippen LogP contribution in [0.25, 0.3) is 0 Å².